The highest BCUT2D eigenvalue weighted by atomic mass is 16.1. The Bertz CT molecular complexity index is 531. The van der Waals surface area contributed by atoms with Gasteiger partial charge in [-0.15, -0.1) is 0 Å². The van der Waals surface area contributed by atoms with E-state index in [2.05, 4.69) is 44.5 Å². The molecule has 4 heteroatoms. The van der Waals surface area contributed by atoms with E-state index in [0.717, 1.165) is 24.0 Å². The van der Waals surface area contributed by atoms with Crippen LogP contribution in [0.3, 0.4) is 0 Å². The zero-order chi connectivity index (χ0) is 23.5. The van der Waals surface area contributed by atoms with Gasteiger partial charge in [-0.25, -0.2) is 4.99 Å². The minimum Gasteiger partial charge on any atom is -0.307 e. The Hall–Kier alpha value is -1.16. The molecule has 1 aliphatic heterocycles. The Morgan fingerprint density at radius 1 is 0.938 bits per heavy atom. The maximum atomic E-state index is 11.5. The number of rotatable bonds is 20. The first-order valence-electron chi connectivity index (χ1n) is 13.9. The van der Waals surface area contributed by atoms with E-state index >= 15 is 0 Å². The minimum atomic E-state index is 0.0528. The maximum Gasteiger partial charge on any atom is 0.221 e. The second-order valence-electron chi connectivity index (χ2n) is 9.87. The van der Waals surface area contributed by atoms with E-state index in [1.807, 2.05) is 0 Å². The molecule has 1 rings (SSSR count). The summed E-state index contributed by atoms with van der Waals surface area (Å²) in [4.78, 5) is 16.3. The first-order chi connectivity index (χ1) is 15.6. The van der Waals surface area contributed by atoms with Gasteiger partial charge >= 0.3 is 0 Å². The Morgan fingerprint density at radius 3 is 2.00 bits per heavy atom. The number of carbonyl (C=O) groups is 1. The predicted molar refractivity (Wildman–Crippen MR) is 140 cm³/mol. The average Bonchev–Trinajstić information content (AvgIpc) is 3.19. The molecule has 0 aliphatic carbocycles. The molecule has 0 saturated heterocycles. The quantitative estimate of drug-likeness (QED) is 0.117. The van der Waals surface area contributed by atoms with Gasteiger partial charge in [0.2, 0.25) is 5.91 Å². The number of hydrogen-bond donors (Lipinski definition) is 1. The molecule has 1 N–H and O–H groups in total. The number of nitrogens with zero attached hydrogens (tertiary/aromatic N) is 2. The van der Waals surface area contributed by atoms with Gasteiger partial charge in [-0.05, 0) is 39.0 Å². The second kappa shape index (κ2) is 18.3. The molecule has 0 saturated carbocycles. The molecule has 0 fully saturated rings. The van der Waals surface area contributed by atoms with Gasteiger partial charge in [-0.3, -0.25) is 9.28 Å². The molecule has 32 heavy (non-hydrogen) atoms. The first-order valence-corrected chi connectivity index (χ1v) is 13.9. The number of allylic oxidation sites excluding steroid dienone is 2. The number of quaternary nitrogens is 1. The number of carbonyl (C=O) groups excluding carboxylic acids is 1. The second-order valence-corrected chi connectivity index (χ2v) is 9.87. The van der Waals surface area contributed by atoms with Crippen molar-refractivity contribution >= 4 is 12.1 Å². The van der Waals surface area contributed by atoms with Crippen LogP contribution in [-0.2, 0) is 4.79 Å². The molecule has 1 aliphatic rings. The van der Waals surface area contributed by atoms with Gasteiger partial charge < -0.3 is 5.32 Å². The molecule has 0 radical (unpaired) electrons. The van der Waals surface area contributed by atoms with Gasteiger partial charge in [0.1, 0.15) is 6.54 Å². The Balaban J connectivity index is 2.02. The lowest BCUT2D eigenvalue weighted by Crippen LogP contribution is -2.63. The van der Waals surface area contributed by atoms with Gasteiger partial charge in [0.15, 0.2) is 12.3 Å². The molecule has 0 aromatic heterocycles. The van der Waals surface area contributed by atoms with E-state index in [4.69, 9.17) is 4.99 Å². The number of aliphatic imine (C=N–C) groups is 1. The summed E-state index contributed by atoms with van der Waals surface area (Å²) < 4.78 is 0.869. The summed E-state index contributed by atoms with van der Waals surface area (Å²) in [5.74, 6) is 0.0528. The van der Waals surface area contributed by atoms with E-state index < -0.39 is 0 Å². The van der Waals surface area contributed by atoms with Gasteiger partial charge in [-0.2, -0.15) is 0 Å². The molecule has 0 spiro atoms. The highest BCUT2D eigenvalue weighted by molar-refractivity contribution is 5.73. The van der Waals surface area contributed by atoms with E-state index in [-0.39, 0.29) is 12.1 Å². The summed E-state index contributed by atoms with van der Waals surface area (Å²) in [6.07, 6.45) is 28.8. The van der Waals surface area contributed by atoms with Crippen LogP contribution in [0.25, 0.3) is 0 Å². The average molecular weight is 449 g/mol. The van der Waals surface area contributed by atoms with Crippen molar-refractivity contribution in [1.82, 2.24) is 5.32 Å². The fourth-order valence-electron chi connectivity index (χ4n) is 5.11. The fourth-order valence-corrected chi connectivity index (χ4v) is 5.11. The predicted octanol–water partition coefficient (Wildman–Crippen LogP) is 7.53. The standard InChI is InChI=1S/C28H53N3O/c1-5-7-8-9-10-11-12-13-14-15-16-17-18-19-20-21-22-23-28-29-24-25-31(28,6-2)26(3)30-27(4)32/h18-19,24,26,28H,5-17,20-23,25H2,1-4H3/p+1/b19-18+. The van der Waals surface area contributed by atoms with Crippen LogP contribution < -0.4 is 5.32 Å². The number of hydrogen-bond acceptors (Lipinski definition) is 2. The molecule has 0 bridgehead atoms. The highest BCUT2D eigenvalue weighted by Crippen LogP contribution is 2.26. The van der Waals surface area contributed by atoms with Gasteiger partial charge in [0.25, 0.3) is 0 Å². The SMILES string of the molecule is CCCCCCCCCCCCC/C=C/CCCCC1N=CC[N+]1(CC)C(C)NC(C)=O. The number of unbranched alkanes of at least 4 members (excludes halogenated alkanes) is 13. The Morgan fingerprint density at radius 2 is 1.47 bits per heavy atom. The van der Waals surface area contributed by atoms with Crippen molar-refractivity contribution in [1.29, 1.82) is 0 Å². The lowest BCUT2D eigenvalue weighted by atomic mass is 10.1. The molecule has 186 valence electrons. The summed E-state index contributed by atoms with van der Waals surface area (Å²) >= 11 is 0. The van der Waals surface area contributed by atoms with Crippen molar-refractivity contribution in [2.45, 2.75) is 143 Å². The molecule has 0 aromatic rings. The summed E-state index contributed by atoms with van der Waals surface area (Å²) in [6.45, 7) is 10.2. The van der Waals surface area contributed by atoms with Crippen molar-refractivity contribution < 1.29 is 9.28 Å². The van der Waals surface area contributed by atoms with Crippen LogP contribution in [0.2, 0.25) is 0 Å². The third-order valence-corrected chi connectivity index (χ3v) is 7.29. The Labute approximate surface area is 199 Å². The third-order valence-electron chi connectivity index (χ3n) is 7.29. The van der Waals surface area contributed by atoms with Crippen molar-refractivity contribution in [3.8, 4) is 0 Å². The largest absolute Gasteiger partial charge is 0.307 e. The van der Waals surface area contributed by atoms with Gasteiger partial charge in [-0.1, -0.05) is 83.3 Å². The molecule has 1 heterocycles. The van der Waals surface area contributed by atoms with E-state index in [9.17, 15) is 4.79 Å². The topological polar surface area (TPSA) is 41.5 Å². The normalized spacial score (nSPS) is 21.4. The zero-order valence-corrected chi connectivity index (χ0v) is 21.9. The Kier molecular flexibility index (Phi) is 16.5. The van der Waals surface area contributed by atoms with E-state index in [0.29, 0.717) is 6.17 Å². The van der Waals surface area contributed by atoms with E-state index in [1.54, 1.807) is 6.92 Å². The van der Waals surface area contributed by atoms with Crippen LogP contribution in [0, 0.1) is 0 Å². The minimum absolute atomic E-state index is 0.0528. The lowest BCUT2D eigenvalue weighted by Gasteiger charge is -2.42. The van der Waals surface area contributed by atoms with Gasteiger partial charge in [0.05, 0.1) is 12.8 Å². The first kappa shape index (κ1) is 28.9. The molecule has 3 atom stereocenters. The summed E-state index contributed by atoms with van der Waals surface area (Å²) in [5.41, 5.74) is 0. The van der Waals surface area contributed by atoms with Crippen LogP contribution in [0.1, 0.15) is 130 Å². The number of nitrogens with one attached hydrogen (secondary N) is 1. The summed E-state index contributed by atoms with van der Waals surface area (Å²) in [7, 11) is 0. The molecule has 0 aromatic carbocycles. The summed E-state index contributed by atoms with van der Waals surface area (Å²) in [5, 5.41) is 3.11. The van der Waals surface area contributed by atoms with Crippen molar-refractivity contribution in [2.24, 2.45) is 4.99 Å². The number of amides is 1. The molecule has 4 nitrogen and oxygen atoms in total. The van der Waals surface area contributed by atoms with Crippen LogP contribution in [0.15, 0.2) is 17.1 Å². The lowest BCUT2D eigenvalue weighted by molar-refractivity contribution is -0.959. The molecular weight excluding hydrogens is 394 g/mol. The highest BCUT2D eigenvalue weighted by Gasteiger charge is 2.42. The summed E-state index contributed by atoms with van der Waals surface area (Å²) in [6, 6.07) is 0. The van der Waals surface area contributed by atoms with Crippen LogP contribution in [0.5, 0.6) is 0 Å². The van der Waals surface area contributed by atoms with Crippen LogP contribution >= 0.6 is 0 Å². The van der Waals surface area contributed by atoms with Crippen molar-refractivity contribution in [2.75, 3.05) is 13.1 Å². The van der Waals surface area contributed by atoms with Gasteiger partial charge in [0, 0.05) is 20.3 Å². The van der Waals surface area contributed by atoms with Crippen LogP contribution in [0.4, 0.5) is 0 Å². The molecular formula is C28H54N3O+. The zero-order valence-electron chi connectivity index (χ0n) is 21.9. The van der Waals surface area contributed by atoms with E-state index in [1.165, 1.54) is 96.3 Å². The maximum absolute atomic E-state index is 11.5. The van der Waals surface area contributed by atoms with Crippen LogP contribution in [-0.4, -0.2) is 42.0 Å². The smallest absolute Gasteiger partial charge is 0.221 e. The monoisotopic (exact) mass is 448 g/mol. The molecule has 3 unspecified atom stereocenters. The van der Waals surface area contributed by atoms with Crippen molar-refractivity contribution in [3.63, 3.8) is 0 Å². The molecule has 1 amide bonds. The van der Waals surface area contributed by atoms with Crippen molar-refractivity contribution in [3.05, 3.63) is 12.2 Å². The fraction of sp³-hybridized carbons (Fsp3) is 0.857. The third kappa shape index (κ3) is 11.6.